The van der Waals surface area contributed by atoms with Crippen LogP contribution in [0.2, 0.25) is 0 Å². The van der Waals surface area contributed by atoms with E-state index in [1.54, 1.807) is 7.11 Å². The Labute approximate surface area is 476 Å². The molecule has 10 rings (SSSR count). The molecule has 0 unspecified atom stereocenters. The van der Waals surface area contributed by atoms with Gasteiger partial charge in [-0.2, -0.15) is 0 Å². The Morgan fingerprint density at radius 2 is 0.531 bits per heavy atom. The van der Waals surface area contributed by atoms with Crippen LogP contribution in [0.25, 0.3) is 0 Å². The Morgan fingerprint density at radius 1 is 0.259 bits per heavy atom. The molecule has 2 saturated heterocycles. The van der Waals surface area contributed by atoms with Crippen LogP contribution in [0.15, 0.2) is 237 Å². The van der Waals surface area contributed by atoms with Gasteiger partial charge in [-0.3, -0.25) is 0 Å². The third-order valence-corrected chi connectivity index (χ3v) is 14.3. The van der Waals surface area contributed by atoms with Crippen molar-refractivity contribution in [3.63, 3.8) is 0 Å². The van der Waals surface area contributed by atoms with Crippen molar-refractivity contribution in [2.75, 3.05) is 20.3 Å². The first kappa shape index (κ1) is 57.4. The molecule has 2 aliphatic rings. The van der Waals surface area contributed by atoms with E-state index in [1.807, 2.05) is 237 Å². The third-order valence-electron chi connectivity index (χ3n) is 14.3. The van der Waals surface area contributed by atoms with Crippen molar-refractivity contribution in [3.05, 3.63) is 281 Å². The average molecular weight is 1090 g/mol. The van der Waals surface area contributed by atoms with Crippen LogP contribution >= 0.6 is 0 Å². The van der Waals surface area contributed by atoms with E-state index >= 15 is 0 Å². The van der Waals surface area contributed by atoms with Gasteiger partial charge >= 0.3 is 0 Å². The Kier molecular flexibility index (Phi) is 21.8. The third kappa shape index (κ3) is 17.1. The number of hydrogen-bond donors (Lipinski definition) is 0. The second-order valence-corrected chi connectivity index (χ2v) is 20.1. The summed E-state index contributed by atoms with van der Waals surface area (Å²) in [5.41, 5.74) is 7.83. The van der Waals surface area contributed by atoms with Crippen molar-refractivity contribution in [2.24, 2.45) is 0 Å². The van der Waals surface area contributed by atoms with Crippen molar-refractivity contribution in [1.29, 1.82) is 0 Å². The van der Waals surface area contributed by atoms with Gasteiger partial charge in [0.25, 0.3) is 0 Å². The van der Waals surface area contributed by atoms with Gasteiger partial charge in [-0.25, -0.2) is 0 Å². The Balaban J connectivity index is 1.01. The number of ether oxygens (including phenoxy) is 12. The Hall–Kier alpha value is -6.88. The van der Waals surface area contributed by atoms with Gasteiger partial charge in [0.15, 0.2) is 12.6 Å². The standard InChI is InChI=1S/C69H72O12/c1-70-59-39-37-58(38-40-59)47-77-67-64(74-44-54-29-15-5-16-30-54)62(72-42-52-25-11-3-12-26-52)60(49-71-41-51-23-9-2-10-24-51)80-69(67)79-50-61-63(73-43-53-27-13-4-14-28-53)65(75-45-55-31-17-6-18-32-55)66(76-46-56-33-19-7-20-34-56)68(81-61)78-48-57-35-21-8-22-36-57/h2-40,60-69H,41-50H2,1H3/t60-,61-,62-,63-,64+,65+,66-,67+,68-,69-/m1/s1. The van der Waals surface area contributed by atoms with Crippen LogP contribution in [0, 0.1) is 0 Å². The maximum absolute atomic E-state index is 7.20. The molecule has 0 aliphatic carbocycles. The van der Waals surface area contributed by atoms with Gasteiger partial charge in [-0.15, -0.1) is 0 Å². The Bertz CT molecular complexity index is 2960. The van der Waals surface area contributed by atoms with Gasteiger partial charge in [-0.05, 0) is 56.6 Å². The lowest BCUT2D eigenvalue weighted by atomic mass is 9.96. The average Bonchev–Trinajstić information content (AvgIpc) is 3.56. The molecule has 2 aliphatic heterocycles. The van der Waals surface area contributed by atoms with E-state index in [9.17, 15) is 0 Å². The summed E-state index contributed by atoms with van der Waals surface area (Å²) in [5.74, 6) is 0.735. The molecule has 8 aromatic carbocycles. The molecule has 0 saturated carbocycles. The lowest BCUT2D eigenvalue weighted by molar-refractivity contribution is -0.354. The fourth-order valence-electron chi connectivity index (χ4n) is 9.99. The van der Waals surface area contributed by atoms with Crippen LogP contribution in [0.4, 0.5) is 0 Å². The van der Waals surface area contributed by atoms with Crippen LogP contribution in [-0.2, 0) is 105 Å². The first-order valence-electron chi connectivity index (χ1n) is 27.8. The van der Waals surface area contributed by atoms with E-state index in [-0.39, 0.29) is 59.5 Å². The number of methoxy groups -OCH3 is 1. The molecule has 2 fully saturated rings. The first-order chi connectivity index (χ1) is 40.1. The highest BCUT2D eigenvalue weighted by Gasteiger charge is 2.52. The molecule has 0 bridgehead atoms. The van der Waals surface area contributed by atoms with Gasteiger partial charge in [0.05, 0.1) is 73.2 Å². The molecule has 81 heavy (non-hydrogen) atoms. The topological polar surface area (TPSA) is 111 Å². The Morgan fingerprint density at radius 3 is 0.877 bits per heavy atom. The van der Waals surface area contributed by atoms with Gasteiger partial charge in [0.1, 0.15) is 54.6 Å². The van der Waals surface area contributed by atoms with Crippen LogP contribution in [0.1, 0.15) is 44.5 Å². The second kappa shape index (κ2) is 30.8. The molecule has 12 heteroatoms. The van der Waals surface area contributed by atoms with Crippen LogP contribution in [0.3, 0.4) is 0 Å². The second-order valence-electron chi connectivity index (χ2n) is 20.1. The normalized spacial score (nSPS) is 22.7. The summed E-state index contributed by atoms with van der Waals surface area (Å²) in [7, 11) is 1.65. The molecule has 8 aromatic rings. The molecule has 420 valence electrons. The molecule has 10 atom stereocenters. The predicted molar refractivity (Wildman–Crippen MR) is 307 cm³/mol. The highest BCUT2D eigenvalue weighted by atomic mass is 16.8. The van der Waals surface area contributed by atoms with E-state index in [4.69, 9.17) is 56.8 Å². The first-order valence-corrected chi connectivity index (χ1v) is 27.8. The van der Waals surface area contributed by atoms with E-state index < -0.39 is 61.4 Å². The van der Waals surface area contributed by atoms with Crippen molar-refractivity contribution in [2.45, 2.75) is 114 Å². The maximum atomic E-state index is 7.20. The van der Waals surface area contributed by atoms with Gasteiger partial charge in [0.2, 0.25) is 0 Å². The monoisotopic (exact) mass is 1090 g/mol. The minimum atomic E-state index is -1.05. The lowest BCUT2D eigenvalue weighted by Gasteiger charge is -2.48. The van der Waals surface area contributed by atoms with Crippen molar-refractivity contribution in [1.82, 2.24) is 0 Å². The number of benzene rings is 8. The summed E-state index contributed by atoms with van der Waals surface area (Å²) in [6.45, 7) is 2.22. The van der Waals surface area contributed by atoms with E-state index in [2.05, 4.69) is 0 Å². The van der Waals surface area contributed by atoms with Gasteiger partial charge < -0.3 is 56.8 Å². The van der Waals surface area contributed by atoms with Crippen LogP contribution in [-0.4, -0.2) is 81.7 Å². The molecule has 0 radical (unpaired) electrons. The molecule has 2 heterocycles. The summed E-state index contributed by atoms with van der Waals surface area (Å²) in [6, 6.07) is 78.2. The summed E-state index contributed by atoms with van der Waals surface area (Å²) in [6.07, 6.45) is -8.02. The van der Waals surface area contributed by atoms with E-state index in [0.717, 1.165) is 50.3 Å². The van der Waals surface area contributed by atoms with Gasteiger partial charge in [-0.1, -0.05) is 224 Å². The minimum Gasteiger partial charge on any atom is -0.497 e. The van der Waals surface area contributed by atoms with Crippen molar-refractivity contribution in [3.8, 4) is 5.75 Å². The summed E-state index contributed by atoms with van der Waals surface area (Å²) in [4.78, 5) is 0. The van der Waals surface area contributed by atoms with Gasteiger partial charge in [0, 0.05) is 0 Å². The van der Waals surface area contributed by atoms with Crippen molar-refractivity contribution >= 4 is 0 Å². The quantitative estimate of drug-likeness (QED) is 0.0445. The summed E-state index contributed by atoms with van der Waals surface area (Å²) < 4.78 is 82.7. The van der Waals surface area contributed by atoms with Crippen LogP contribution in [0.5, 0.6) is 5.75 Å². The molecular weight excluding hydrogens is 1020 g/mol. The molecule has 12 nitrogen and oxygen atoms in total. The molecule has 0 amide bonds. The molecule has 0 aromatic heterocycles. The fraction of sp³-hybridized carbons (Fsp3) is 0.304. The largest absolute Gasteiger partial charge is 0.497 e. The zero-order chi connectivity index (χ0) is 55.1. The summed E-state index contributed by atoms with van der Waals surface area (Å²) in [5, 5.41) is 0. The maximum Gasteiger partial charge on any atom is 0.187 e. The number of hydrogen-bond acceptors (Lipinski definition) is 12. The lowest BCUT2D eigenvalue weighted by Crippen LogP contribution is -2.64. The van der Waals surface area contributed by atoms with Crippen molar-refractivity contribution < 1.29 is 56.8 Å². The fourth-order valence-corrected chi connectivity index (χ4v) is 9.99. The van der Waals surface area contributed by atoms with E-state index in [1.165, 1.54) is 0 Å². The minimum absolute atomic E-state index is 0.0488. The smallest absolute Gasteiger partial charge is 0.187 e. The molecule has 0 spiro atoms. The summed E-state index contributed by atoms with van der Waals surface area (Å²) >= 11 is 0. The highest BCUT2D eigenvalue weighted by molar-refractivity contribution is 5.27. The predicted octanol–water partition coefficient (Wildman–Crippen LogP) is 12.4. The zero-order valence-corrected chi connectivity index (χ0v) is 45.8. The van der Waals surface area contributed by atoms with Crippen LogP contribution < -0.4 is 4.74 Å². The SMILES string of the molecule is COc1ccc(CO[C@@H]2[C@H](OC[C@H]3O[C@@H](OCc4ccccc4)[C@H](OCc4ccccc4)[C@@H](OCc4ccccc4)[C@@H]3OCc3ccccc3)O[C@H](COCc3ccccc3)[C@@H](OCc3ccccc3)[C@@H]2OCc2ccccc2)cc1. The number of rotatable bonds is 29. The van der Waals surface area contributed by atoms with E-state index in [0.29, 0.717) is 6.61 Å². The molecular formula is C69H72O12. The molecule has 0 N–H and O–H groups in total. The highest BCUT2D eigenvalue weighted by Crippen LogP contribution is 2.36. The zero-order valence-electron chi connectivity index (χ0n) is 45.8.